The number of benzene rings is 1. The van der Waals surface area contributed by atoms with E-state index in [0.717, 1.165) is 22.1 Å². The van der Waals surface area contributed by atoms with Gasteiger partial charge in [0.15, 0.2) is 0 Å². The first kappa shape index (κ1) is 10.7. The van der Waals surface area contributed by atoms with Crippen molar-refractivity contribution in [2.75, 3.05) is 5.32 Å². The zero-order chi connectivity index (χ0) is 10.8. The van der Waals surface area contributed by atoms with Gasteiger partial charge in [0.2, 0.25) is 0 Å². The van der Waals surface area contributed by atoms with E-state index in [2.05, 4.69) is 27.9 Å². The zero-order valence-corrected chi connectivity index (χ0v) is 10.3. The fourth-order valence-corrected chi connectivity index (χ4v) is 2.30. The summed E-state index contributed by atoms with van der Waals surface area (Å²) >= 11 is 2.24. The average molecular weight is 317 g/mol. The second kappa shape index (κ2) is 4.38. The third-order valence-corrected chi connectivity index (χ3v) is 3.44. The molecule has 0 amide bonds. The van der Waals surface area contributed by atoms with Crippen molar-refractivity contribution in [1.29, 1.82) is 0 Å². The lowest BCUT2D eigenvalue weighted by atomic mass is 9.79. The lowest BCUT2D eigenvalue weighted by Gasteiger charge is -2.34. The Labute approximate surface area is 102 Å². The van der Waals surface area contributed by atoms with E-state index in [4.69, 9.17) is 5.11 Å². The molecule has 15 heavy (non-hydrogen) atoms. The van der Waals surface area contributed by atoms with Gasteiger partial charge in [0.25, 0.3) is 0 Å². The van der Waals surface area contributed by atoms with Crippen LogP contribution in [0.1, 0.15) is 12.8 Å². The summed E-state index contributed by atoms with van der Waals surface area (Å²) in [6.45, 7) is 0. The van der Waals surface area contributed by atoms with E-state index in [1.807, 2.05) is 24.3 Å². The van der Waals surface area contributed by atoms with Gasteiger partial charge in [-0.15, -0.1) is 0 Å². The van der Waals surface area contributed by atoms with Crippen LogP contribution in [0.2, 0.25) is 0 Å². The van der Waals surface area contributed by atoms with E-state index in [9.17, 15) is 4.79 Å². The van der Waals surface area contributed by atoms with Crippen LogP contribution in [0.5, 0.6) is 0 Å². The first-order chi connectivity index (χ1) is 7.16. The molecule has 4 heteroatoms. The number of hydrogen-bond acceptors (Lipinski definition) is 2. The van der Waals surface area contributed by atoms with Crippen molar-refractivity contribution in [3.8, 4) is 0 Å². The summed E-state index contributed by atoms with van der Waals surface area (Å²) in [5.41, 5.74) is 1.01. The third kappa shape index (κ3) is 2.42. The molecular weight excluding hydrogens is 305 g/mol. The van der Waals surface area contributed by atoms with Gasteiger partial charge >= 0.3 is 5.97 Å². The number of carboxylic acid groups (broad SMARTS) is 1. The summed E-state index contributed by atoms with van der Waals surface area (Å²) in [4.78, 5) is 10.8. The quantitative estimate of drug-likeness (QED) is 0.843. The second-order valence-corrected chi connectivity index (χ2v) is 5.03. The summed E-state index contributed by atoms with van der Waals surface area (Å²) in [7, 11) is 0. The van der Waals surface area contributed by atoms with Gasteiger partial charge in [-0.25, -0.2) is 0 Å². The molecule has 80 valence electrons. The van der Waals surface area contributed by atoms with Crippen molar-refractivity contribution in [1.82, 2.24) is 0 Å². The zero-order valence-electron chi connectivity index (χ0n) is 8.11. The van der Waals surface area contributed by atoms with Gasteiger partial charge in [0.1, 0.15) is 0 Å². The molecule has 2 N–H and O–H groups in total. The summed E-state index contributed by atoms with van der Waals surface area (Å²) in [5.74, 6) is -0.910. The van der Waals surface area contributed by atoms with Crippen molar-refractivity contribution < 1.29 is 9.90 Å². The van der Waals surface area contributed by atoms with Crippen LogP contribution in [-0.2, 0) is 4.79 Å². The SMILES string of the molecule is O=C(O)C1CCC1Nc1cccc(I)c1. The van der Waals surface area contributed by atoms with E-state index in [-0.39, 0.29) is 12.0 Å². The predicted octanol–water partition coefficient (Wildman–Crippen LogP) is 2.57. The second-order valence-electron chi connectivity index (χ2n) is 3.78. The molecule has 1 aromatic carbocycles. The molecule has 1 aliphatic rings. The van der Waals surface area contributed by atoms with E-state index < -0.39 is 5.97 Å². The van der Waals surface area contributed by atoms with Crippen LogP contribution in [0.15, 0.2) is 24.3 Å². The first-order valence-electron chi connectivity index (χ1n) is 4.92. The highest BCUT2D eigenvalue weighted by molar-refractivity contribution is 14.1. The van der Waals surface area contributed by atoms with Crippen molar-refractivity contribution in [2.24, 2.45) is 5.92 Å². The Hall–Kier alpha value is -0.780. The number of aliphatic carboxylic acids is 1. The fourth-order valence-electron chi connectivity index (χ4n) is 1.76. The summed E-state index contributed by atoms with van der Waals surface area (Å²) in [6, 6.07) is 8.08. The Morgan fingerprint density at radius 1 is 1.47 bits per heavy atom. The van der Waals surface area contributed by atoms with Gasteiger partial charge in [-0.05, 0) is 53.6 Å². The van der Waals surface area contributed by atoms with E-state index in [1.165, 1.54) is 0 Å². The van der Waals surface area contributed by atoms with Crippen LogP contribution >= 0.6 is 22.6 Å². The van der Waals surface area contributed by atoms with Crippen LogP contribution in [0, 0.1) is 9.49 Å². The molecule has 1 saturated carbocycles. The number of hydrogen-bond donors (Lipinski definition) is 2. The lowest BCUT2D eigenvalue weighted by molar-refractivity contribution is -0.144. The molecular formula is C11H12INO2. The van der Waals surface area contributed by atoms with Crippen LogP contribution in [0.4, 0.5) is 5.69 Å². The smallest absolute Gasteiger partial charge is 0.308 e. The minimum Gasteiger partial charge on any atom is -0.481 e. The Bertz CT molecular complexity index is 381. The standard InChI is InChI=1S/C11H12INO2/c12-7-2-1-3-8(6-7)13-10-5-4-9(10)11(14)15/h1-3,6,9-10,13H,4-5H2,(H,14,15). The first-order valence-corrected chi connectivity index (χ1v) is 5.99. The highest BCUT2D eigenvalue weighted by atomic mass is 127. The maximum atomic E-state index is 10.8. The molecule has 1 fully saturated rings. The summed E-state index contributed by atoms with van der Waals surface area (Å²) < 4.78 is 1.16. The van der Waals surface area contributed by atoms with Crippen LogP contribution in [0.25, 0.3) is 0 Å². The molecule has 0 bridgehead atoms. The number of carbonyl (C=O) groups is 1. The van der Waals surface area contributed by atoms with Crippen LogP contribution < -0.4 is 5.32 Å². The maximum absolute atomic E-state index is 10.8. The predicted molar refractivity (Wildman–Crippen MR) is 66.9 cm³/mol. The Kier molecular flexibility index (Phi) is 3.14. The maximum Gasteiger partial charge on any atom is 0.308 e. The van der Waals surface area contributed by atoms with Crippen molar-refractivity contribution in [3.63, 3.8) is 0 Å². The number of nitrogens with one attached hydrogen (secondary N) is 1. The van der Waals surface area contributed by atoms with Gasteiger partial charge < -0.3 is 10.4 Å². The minimum absolute atomic E-state index is 0.0979. The van der Waals surface area contributed by atoms with E-state index in [1.54, 1.807) is 0 Å². The topological polar surface area (TPSA) is 49.3 Å². The molecule has 2 unspecified atom stereocenters. The lowest BCUT2D eigenvalue weighted by Crippen LogP contribution is -2.42. The third-order valence-electron chi connectivity index (χ3n) is 2.77. The number of halogens is 1. The minimum atomic E-state index is -0.690. The molecule has 0 aliphatic heterocycles. The Morgan fingerprint density at radius 3 is 2.80 bits per heavy atom. The van der Waals surface area contributed by atoms with Crippen molar-refractivity contribution >= 4 is 34.2 Å². The molecule has 0 heterocycles. The van der Waals surface area contributed by atoms with E-state index >= 15 is 0 Å². The largest absolute Gasteiger partial charge is 0.481 e. The van der Waals surface area contributed by atoms with Gasteiger partial charge in [0.05, 0.1) is 5.92 Å². The monoisotopic (exact) mass is 317 g/mol. The summed E-state index contributed by atoms with van der Waals surface area (Å²) in [5, 5.41) is 12.2. The van der Waals surface area contributed by atoms with Crippen LogP contribution in [-0.4, -0.2) is 17.1 Å². The number of anilines is 1. The molecule has 0 radical (unpaired) electrons. The number of rotatable bonds is 3. The fraction of sp³-hybridized carbons (Fsp3) is 0.364. The van der Waals surface area contributed by atoms with Gasteiger partial charge in [0, 0.05) is 15.3 Å². The molecule has 3 nitrogen and oxygen atoms in total. The molecule has 2 atom stereocenters. The molecule has 1 aromatic rings. The van der Waals surface area contributed by atoms with Crippen molar-refractivity contribution in [3.05, 3.63) is 27.8 Å². The highest BCUT2D eigenvalue weighted by Gasteiger charge is 2.36. The Morgan fingerprint density at radius 2 is 2.27 bits per heavy atom. The average Bonchev–Trinajstić information content (AvgIpc) is 2.11. The molecule has 0 saturated heterocycles. The molecule has 0 aromatic heterocycles. The van der Waals surface area contributed by atoms with Gasteiger partial charge in [-0.1, -0.05) is 6.07 Å². The van der Waals surface area contributed by atoms with Crippen LogP contribution in [0.3, 0.4) is 0 Å². The normalized spacial score (nSPS) is 24.3. The molecule has 2 rings (SSSR count). The number of carboxylic acids is 1. The molecule has 0 spiro atoms. The van der Waals surface area contributed by atoms with E-state index in [0.29, 0.717) is 0 Å². The van der Waals surface area contributed by atoms with Gasteiger partial charge in [-0.2, -0.15) is 0 Å². The summed E-state index contributed by atoms with van der Waals surface area (Å²) in [6.07, 6.45) is 1.74. The molecule has 1 aliphatic carbocycles. The Balaban J connectivity index is 2.00. The highest BCUT2D eigenvalue weighted by Crippen LogP contribution is 2.30. The van der Waals surface area contributed by atoms with Crippen molar-refractivity contribution in [2.45, 2.75) is 18.9 Å². The van der Waals surface area contributed by atoms with Gasteiger partial charge in [-0.3, -0.25) is 4.79 Å².